The van der Waals surface area contributed by atoms with Gasteiger partial charge in [-0.05, 0) is 30.2 Å². The van der Waals surface area contributed by atoms with E-state index in [9.17, 15) is 8.42 Å². The van der Waals surface area contributed by atoms with Gasteiger partial charge in [-0.15, -0.1) is 24.0 Å². The van der Waals surface area contributed by atoms with E-state index in [0.717, 1.165) is 29.8 Å². The summed E-state index contributed by atoms with van der Waals surface area (Å²) in [5.74, 6) is 0.673. The lowest BCUT2D eigenvalue weighted by Crippen LogP contribution is -2.41. The summed E-state index contributed by atoms with van der Waals surface area (Å²) in [6, 6.07) is 13.5. The smallest absolute Gasteiger partial charge is 0.218 e. The molecule has 8 nitrogen and oxygen atoms in total. The van der Waals surface area contributed by atoms with E-state index >= 15 is 0 Å². The minimum Gasteiger partial charge on any atom is -0.379 e. The Morgan fingerprint density at radius 3 is 2.50 bits per heavy atom. The number of ether oxygens (including phenoxy) is 1. The maximum atomic E-state index is 12.8. The molecule has 0 amide bonds. The predicted octanol–water partition coefficient (Wildman–Crippen LogP) is 2.16. The highest BCUT2D eigenvalue weighted by Crippen LogP contribution is 2.17. The number of nitrogens with one attached hydrogen (secondary N) is 2. The van der Waals surface area contributed by atoms with Crippen LogP contribution in [0.2, 0.25) is 0 Å². The third-order valence-electron chi connectivity index (χ3n) is 4.97. The molecule has 0 saturated carbocycles. The van der Waals surface area contributed by atoms with E-state index in [-0.39, 0.29) is 29.7 Å². The van der Waals surface area contributed by atoms with Crippen LogP contribution in [0.4, 0.5) is 0 Å². The van der Waals surface area contributed by atoms with Crippen LogP contribution in [0.1, 0.15) is 23.7 Å². The average molecular weight is 574 g/mol. The van der Waals surface area contributed by atoms with E-state index in [4.69, 9.17) is 4.74 Å². The van der Waals surface area contributed by atoms with Gasteiger partial charge < -0.3 is 15.4 Å². The summed E-state index contributed by atoms with van der Waals surface area (Å²) < 4.78 is 32.4. The van der Waals surface area contributed by atoms with Crippen LogP contribution in [0.25, 0.3) is 0 Å². The van der Waals surface area contributed by atoms with Gasteiger partial charge in [-0.25, -0.2) is 13.4 Å². The van der Waals surface area contributed by atoms with Gasteiger partial charge >= 0.3 is 0 Å². The molecule has 10 heteroatoms. The number of hydrogen-bond donors (Lipinski definition) is 2. The van der Waals surface area contributed by atoms with E-state index in [1.54, 1.807) is 6.20 Å². The van der Waals surface area contributed by atoms with E-state index < -0.39 is 10.0 Å². The number of pyridine rings is 1. The quantitative estimate of drug-likeness (QED) is 0.271. The molecule has 1 fully saturated rings. The summed E-state index contributed by atoms with van der Waals surface area (Å²) in [6.45, 7) is 5.56. The molecular weight excluding hydrogens is 541 g/mol. The SMILES string of the molecule is CCNC(=NCc1ccccc1CS(=O)(=O)N1CCOCC1)NCCc1ccccn1.I. The number of guanidine groups is 1. The lowest BCUT2D eigenvalue weighted by molar-refractivity contribution is 0.0729. The summed E-state index contributed by atoms with van der Waals surface area (Å²) >= 11 is 0. The van der Waals surface area contributed by atoms with Crippen LogP contribution in [0.3, 0.4) is 0 Å². The molecule has 1 aromatic heterocycles. The third kappa shape index (κ3) is 8.30. The molecule has 0 atom stereocenters. The Morgan fingerprint density at radius 1 is 1.09 bits per heavy atom. The fourth-order valence-electron chi connectivity index (χ4n) is 3.33. The third-order valence-corrected chi connectivity index (χ3v) is 6.80. The molecule has 2 aromatic rings. The molecule has 1 aliphatic heterocycles. The second-order valence-corrected chi connectivity index (χ2v) is 9.20. The number of hydrogen-bond acceptors (Lipinski definition) is 5. The molecule has 1 aliphatic rings. The van der Waals surface area contributed by atoms with Crippen LogP contribution in [-0.2, 0) is 33.5 Å². The highest BCUT2D eigenvalue weighted by molar-refractivity contribution is 14.0. The average Bonchev–Trinajstić information content (AvgIpc) is 2.79. The molecule has 0 bridgehead atoms. The van der Waals surface area contributed by atoms with Crippen LogP contribution in [0, 0.1) is 0 Å². The number of aliphatic imine (C=N–C) groups is 1. The summed E-state index contributed by atoms with van der Waals surface area (Å²) in [5, 5.41) is 6.55. The van der Waals surface area contributed by atoms with Crippen molar-refractivity contribution in [3.05, 3.63) is 65.5 Å². The van der Waals surface area contributed by atoms with Crippen LogP contribution in [-0.4, -0.2) is 63.1 Å². The Kier molecular flexibility index (Phi) is 11.4. The highest BCUT2D eigenvalue weighted by atomic mass is 127. The number of aromatic nitrogens is 1. The normalized spacial score (nSPS) is 15.1. The van der Waals surface area contributed by atoms with Crippen molar-refractivity contribution in [3.8, 4) is 0 Å². The molecule has 0 spiro atoms. The number of sulfonamides is 1. The second-order valence-electron chi connectivity index (χ2n) is 7.23. The van der Waals surface area contributed by atoms with Crippen molar-refractivity contribution in [2.24, 2.45) is 4.99 Å². The number of morpholine rings is 1. The Bertz CT molecular complexity index is 951. The minimum absolute atomic E-state index is 0. The first-order valence-electron chi connectivity index (χ1n) is 10.6. The van der Waals surface area contributed by atoms with Gasteiger partial charge in [-0.1, -0.05) is 30.3 Å². The number of benzene rings is 1. The van der Waals surface area contributed by atoms with Crippen molar-refractivity contribution in [2.45, 2.75) is 25.6 Å². The molecule has 1 saturated heterocycles. The highest BCUT2D eigenvalue weighted by Gasteiger charge is 2.25. The van der Waals surface area contributed by atoms with Gasteiger partial charge in [0.05, 0.1) is 25.5 Å². The van der Waals surface area contributed by atoms with Gasteiger partial charge in [-0.2, -0.15) is 4.31 Å². The Hall–Kier alpha value is -1.76. The summed E-state index contributed by atoms with van der Waals surface area (Å²) in [4.78, 5) is 8.99. The Morgan fingerprint density at radius 2 is 1.81 bits per heavy atom. The standard InChI is InChI=1S/C22H31N5O3S.HI/c1-2-23-22(25-12-10-21-9-5-6-11-24-21)26-17-19-7-3-4-8-20(19)18-31(28,29)27-13-15-30-16-14-27;/h3-9,11H,2,10,12-18H2,1H3,(H2,23,25,26);1H. The number of nitrogens with zero attached hydrogens (tertiary/aromatic N) is 3. The fourth-order valence-corrected chi connectivity index (χ4v) is 4.89. The predicted molar refractivity (Wildman–Crippen MR) is 138 cm³/mol. The Balaban J connectivity index is 0.00000363. The first-order valence-corrected chi connectivity index (χ1v) is 12.2. The van der Waals surface area contributed by atoms with Crippen molar-refractivity contribution in [1.82, 2.24) is 19.9 Å². The molecule has 0 radical (unpaired) electrons. The first kappa shape index (κ1) is 26.5. The van der Waals surface area contributed by atoms with Crippen molar-refractivity contribution in [3.63, 3.8) is 0 Å². The zero-order valence-electron chi connectivity index (χ0n) is 18.4. The van der Waals surface area contributed by atoms with Gasteiger partial charge in [0.15, 0.2) is 5.96 Å². The van der Waals surface area contributed by atoms with E-state index in [1.165, 1.54) is 4.31 Å². The molecule has 32 heavy (non-hydrogen) atoms. The number of rotatable bonds is 9. The number of halogens is 1. The van der Waals surface area contributed by atoms with Crippen LogP contribution >= 0.6 is 24.0 Å². The molecule has 0 unspecified atom stereocenters. The fraction of sp³-hybridized carbons (Fsp3) is 0.455. The van der Waals surface area contributed by atoms with Crippen LogP contribution in [0.15, 0.2) is 53.7 Å². The van der Waals surface area contributed by atoms with Crippen LogP contribution < -0.4 is 10.6 Å². The largest absolute Gasteiger partial charge is 0.379 e. The van der Waals surface area contributed by atoms with Crippen LogP contribution in [0.5, 0.6) is 0 Å². The maximum absolute atomic E-state index is 12.8. The molecule has 2 N–H and O–H groups in total. The van der Waals surface area contributed by atoms with Crippen molar-refractivity contribution >= 4 is 40.0 Å². The monoisotopic (exact) mass is 573 g/mol. The van der Waals surface area contributed by atoms with Gasteiger partial charge in [0.2, 0.25) is 10.0 Å². The second kappa shape index (κ2) is 13.7. The summed E-state index contributed by atoms with van der Waals surface area (Å²) in [5.41, 5.74) is 2.70. The van der Waals surface area contributed by atoms with Gasteiger partial charge in [0, 0.05) is 44.5 Å². The maximum Gasteiger partial charge on any atom is 0.218 e. The van der Waals surface area contributed by atoms with Gasteiger partial charge in [0.1, 0.15) is 0 Å². The molecular formula is C22H32IN5O3S. The summed E-state index contributed by atoms with van der Waals surface area (Å²) in [7, 11) is -3.39. The molecule has 0 aliphatic carbocycles. The topological polar surface area (TPSA) is 95.9 Å². The molecule has 2 heterocycles. The summed E-state index contributed by atoms with van der Waals surface area (Å²) in [6.07, 6.45) is 2.58. The van der Waals surface area contributed by atoms with Crippen molar-refractivity contribution in [1.29, 1.82) is 0 Å². The Labute approximate surface area is 207 Å². The minimum atomic E-state index is -3.39. The molecule has 3 rings (SSSR count). The van der Waals surface area contributed by atoms with Gasteiger partial charge in [0.25, 0.3) is 0 Å². The van der Waals surface area contributed by atoms with E-state index in [1.807, 2.05) is 49.4 Å². The van der Waals surface area contributed by atoms with Crippen molar-refractivity contribution < 1.29 is 13.2 Å². The van der Waals surface area contributed by atoms with E-state index in [2.05, 4.69) is 20.6 Å². The molecule has 176 valence electrons. The first-order chi connectivity index (χ1) is 15.1. The molecule has 1 aromatic carbocycles. The lowest BCUT2D eigenvalue weighted by Gasteiger charge is -2.26. The zero-order valence-corrected chi connectivity index (χ0v) is 21.5. The lowest BCUT2D eigenvalue weighted by atomic mass is 10.1. The van der Waals surface area contributed by atoms with Gasteiger partial charge in [-0.3, -0.25) is 4.98 Å². The zero-order chi connectivity index (χ0) is 21.9. The van der Waals surface area contributed by atoms with Crippen molar-refractivity contribution in [2.75, 3.05) is 39.4 Å². The van der Waals surface area contributed by atoms with E-state index in [0.29, 0.717) is 45.4 Å².